The Hall–Kier alpha value is -1.59. The van der Waals surface area contributed by atoms with Crippen LogP contribution in [0.2, 0.25) is 0 Å². The van der Waals surface area contributed by atoms with E-state index in [1.165, 1.54) is 0 Å². The van der Waals surface area contributed by atoms with E-state index < -0.39 is 17.4 Å². The van der Waals surface area contributed by atoms with E-state index in [0.717, 1.165) is 0 Å². The molecule has 1 atom stereocenters. The molecular weight excluding hydrogens is 248 g/mol. The van der Waals surface area contributed by atoms with Crippen LogP contribution in [0.5, 0.6) is 0 Å². The van der Waals surface area contributed by atoms with E-state index in [1.54, 1.807) is 25.8 Å². The number of nitrogens with zero attached hydrogens (tertiary/aromatic N) is 1. The van der Waals surface area contributed by atoms with Crippen LogP contribution in [0.25, 0.3) is 0 Å². The van der Waals surface area contributed by atoms with E-state index in [9.17, 15) is 19.5 Å². The lowest BCUT2D eigenvalue weighted by Gasteiger charge is -2.26. The molecule has 19 heavy (non-hydrogen) atoms. The molecule has 0 aromatic heterocycles. The van der Waals surface area contributed by atoms with E-state index in [0.29, 0.717) is 25.8 Å². The van der Waals surface area contributed by atoms with Gasteiger partial charge in [0, 0.05) is 20.0 Å². The molecule has 0 aromatic carbocycles. The van der Waals surface area contributed by atoms with E-state index in [2.05, 4.69) is 5.32 Å². The summed E-state index contributed by atoms with van der Waals surface area (Å²) in [5.74, 6) is -1.43. The fraction of sp³-hybridized carbons (Fsp3) is 0.769. The molecule has 1 unspecified atom stereocenters. The van der Waals surface area contributed by atoms with Gasteiger partial charge in [0.05, 0.1) is 5.41 Å². The Balaban J connectivity index is 2.64. The molecule has 1 saturated heterocycles. The molecule has 1 rings (SSSR count). The Labute approximate surface area is 113 Å². The molecule has 2 N–H and O–H groups in total. The third-order valence-electron chi connectivity index (χ3n) is 4.07. The molecule has 6 heteroatoms. The number of carboxylic acid groups (broad SMARTS) is 1. The second kappa shape index (κ2) is 6.04. The van der Waals surface area contributed by atoms with Crippen LogP contribution in [0, 0.1) is 5.41 Å². The average Bonchev–Trinajstić information content (AvgIpc) is 2.67. The average molecular weight is 270 g/mol. The number of rotatable bonds is 6. The molecule has 0 aliphatic carbocycles. The highest BCUT2D eigenvalue weighted by molar-refractivity contribution is 5.91. The van der Waals surface area contributed by atoms with Crippen molar-refractivity contribution in [2.75, 3.05) is 13.6 Å². The van der Waals surface area contributed by atoms with E-state index in [-0.39, 0.29) is 18.2 Å². The zero-order valence-electron chi connectivity index (χ0n) is 11.7. The second-order valence-electron chi connectivity index (χ2n) is 5.14. The van der Waals surface area contributed by atoms with Gasteiger partial charge in [-0.1, -0.05) is 13.8 Å². The van der Waals surface area contributed by atoms with Gasteiger partial charge in [0.1, 0.15) is 6.04 Å². The summed E-state index contributed by atoms with van der Waals surface area (Å²) in [5.41, 5.74) is -1.03. The third kappa shape index (κ3) is 3.24. The summed E-state index contributed by atoms with van der Waals surface area (Å²) in [4.78, 5) is 36.5. The maximum absolute atomic E-state index is 11.9. The van der Waals surface area contributed by atoms with Crippen LogP contribution in [-0.2, 0) is 14.4 Å². The lowest BCUT2D eigenvalue weighted by atomic mass is 9.79. The summed E-state index contributed by atoms with van der Waals surface area (Å²) in [6.07, 6.45) is 1.29. The fourth-order valence-electron chi connectivity index (χ4n) is 2.39. The standard InChI is InChI=1S/C13H22N2O4/c1-4-13(5-2,12(18)19)8-10(16)14-9-6-7-15(3)11(9)17/h9H,4-8H2,1-3H3,(H,14,16)(H,18,19). The molecule has 0 saturated carbocycles. The topological polar surface area (TPSA) is 86.7 Å². The fourth-order valence-corrected chi connectivity index (χ4v) is 2.39. The Kier molecular flexibility index (Phi) is 4.91. The van der Waals surface area contributed by atoms with Crippen LogP contribution in [0.4, 0.5) is 0 Å². The Morgan fingerprint density at radius 1 is 1.42 bits per heavy atom. The number of likely N-dealkylation sites (tertiary alicyclic amines) is 1. The molecule has 0 aromatic rings. The van der Waals surface area contributed by atoms with Gasteiger partial charge in [0.25, 0.3) is 0 Å². The highest BCUT2D eigenvalue weighted by Gasteiger charge is 2.38. The first kappa shape index (κ1) is 15.5. The number of hydrogen-bond acceptors (Lipinski definition) is 3. The summed E-state index contributed by atoms with van der Waals surface area (Å²) < 4.78 is 0. The Morgan fingerprint density at radius 2 is 2.00 bits per heavy atom. The smallest absolute Gasteiger partial charge is 0.310 e. The van der Waals surface area contributed by atoms with Gasteiger partial charge in [0.2, 0.25) is 11.8 Å². The number of amides is 2. The van der Waals surface area contributed by atoms with Crippen molar-refractivity contribution in [2.24, 2.45) is 5.41 Å². The lowest BCUT2D eigenvalue weighted by Crippen LogP contribution is -2.44. The largest absolute Gasteiger partial charge is 0.481 e. The van der Waals surface area contributed by atoms with Crippen LogP contribution in [0.3, 0.4) is 0 Å². The number of carboxylic acids is 1. The molecule has 0 radical (unpaired) electrons. The monoisotopic (exact) mass is 270 g/mol. The summed E-state index contributed by atoms with van der Waals surface area (Å²) in [5, 5.41) is 11.9. The predicted molar refractivity (Wildman–Crippen MR) is 69.5 cm³/mol. The van der Waals surface area contributed by atoms with Gasteiger partial charge in [-0.25, -0.2) is 0 Å². The van der Waals surface area contributed by atoms with Crippen LogP contribution in [0.15, 0.2) is 0 Å². The van der Waals surface area contributed by atoms with Gasteiger partial charge < -0.3 is 15.3 Å². The maximum Gasteiger partial charge on any atom is 0.310 e. The van der Waals surface area contributed by atoms with Gasteiger partial charge in [-0.05, 0) is 19.3 Å². The van der Waals surface area contributed by atoms with Crippen LogP contribution >= 0.6 is 0 Å². The lowest BCUT2D eigenvalue weighted by molar-refractivity contribution is -0.152. The molecule has 0 spiro atoms. The van der Waals surface area contributed by atoms with Crippen LogP contribution in [0.1, 0.15) is 39.5 Å². The quantitative estimate of drug-likeness (QED) is 0.740. The number of carbonyl (C=O) groups excluding carboxylic acids is 2. The van der Waals surface area contributed by atoms with Crippen molar-refractivity contribution in [2.45, 2.75) is 45.6 Å². The van der Waals surface area contributed by atoms with Crippen molar-refractivity contribution < 1.29 is 19.5 Å². The van der Waals surface area contributed by atoms with Gasteiger partial charge >= 0.3 is 5.97 Å². The Morgan fingerprint density at radius 3 is 2.37 bits per heavy atom. The molecule has 2 amide bonds. The predicted octanol–water partition coefficient (Wildman–Crippen LogP) is 0.614. The molecule has 1 fully saturated rings. The minimum atomic E-state index is -1.03. The molecular formula is C13H22N2O4. The number of likely N-dealkylation sites (N-methyl/N-ethyl adjacent to an activating group) is 1. The first-order chi connectivity index (χ1) is 8.86. The summed E-state index contributed by atoms with van der Waals surface area (Å²) in [6.45, 7) is 4.15. The van der Waals surface area contributed by atoms with Gasteiger partial charge in [0.15, 0.2) is 0 Å². The minimum absolute atomic E-state index is 0.0805. The summed E-state index contributed by atoms with van der Waals surface area (Å²) in [6, 6.07) is -0.502. The minimum Gasteiger partial charge on any atom is -0.481 e. The van der Waals surface area contributed by atoms with Crippen molar-refractivity contribution in [3.8, 4) is 0 Å². The van der Waals surface area contributed by atoms with E-state index in [1.807, 2.05) is 0 Å². The number of carbonyl (C=O) groups is 3. The van der Waals surface area contributed by atoms with E-state index in [4.69, 9.17) is 0 Å². The zero-order valence-corrected chi connectivity index (χ0v) is 11.7. The van der Waals surface area contributed by atoms with Crippen molar-refractivity contribution >= 4 is 17.8 Å². The van der Waals surface area contributed by atoms with E-state index >= 15 is 0 Å². The normalized spacial score (nSPS) is 19.6. The first-order valence-electron chi connectivity index (χ1n) is 6.64. The number of hydrogen-bond donors (Lipinski definition) is 2. The van der Waals surface area contributed by atoms with Gasteiger partial charge in [-0.3, -0.25) is 14.4 Å². The van der Waals surface area contributed by atoms with Crippen molar-refractivity contribution in [3.63, 3.8) is 0 Å². The molecule has 1 heterocycles. The number of nitrogens with one attached hydrogen (secondary N) is 1. The zero-order chi connectivity index (χ0) is 14.6. The second-order valence-corrected chi connectivity index (χ2v) is 5.14. The highest BCUT2D eigenvalue weighted by Crippen LogP contribution is 2.31. The molecule has 1 aliphatic rings. The Bertz CT molecular complexity index is 377. The van der Waals surface area contributed by atoms with Gasteiger partial charge in [-0.15, -0.1) is 0 Å². The first-order valence-corrected chi connectivity index (χ1v) is 6.64. The van der Waals surface area contributed by atoms with Crippen molar-refractivity contribution in [1.29, 1.82) is 0 Å². The number of aliphatic carboxylic acids is 1. The maximum atomic E-state index is 11.9. The summed E-state index contributed by atoms with van der Waals surface area (Å²) in [7, 11) is 1.69. The summed E-state index contributed by atoms with van der Waals surface area (Å²) >= 11 is 0. The SMILES string of the molecule is CCC(CC)(CC(=O)NC1CCN(C)C1=O)C(=O)O. The molecule has 108 valence electrons. The van der Waals surface area contributed by atoms with Crippen molar-refractivity contribution in [1.82, 2.24) is 10.2 Å². The molecule has 6 nitrogen and oxygen atoms in total. The third-order valence-corrected chi connectivity index (χ3v) is 4.07. The van der Waals surface area contributed by atoms with Gasteiger partial charge in [-0.2, -0.15) is 0 Å². The molecule has 0 bridgehead atoms. The van der Waals surface area contributed by atoms with Crippen LogP contribution in [-0.4, -0.2) is 47.4 Å². The van der Waals surface area contributed by atoms with Crippen molar-refractivity contribution in [3.05, 3.63) is 0 Å². The molecule has 1 aliphatic heterocycles. The highest BCUT2D eigenvalue weighted by atomic mass is 16.4. The van der Waals surface area contributed by atoms with Crippen LogP contribution < -0.4 is 5.32 Å².